The highest BCUT2D eigenvalue weighted by Gasteiger charge is 2.22. The molecule has 0 spiro atoms. The van der Waals surface area contributed by atoms with E-state index in [0.717, 1.165) is 16.8 Å². The van der Waals surface area contributed by atoms with Crippen LogP contribution in [0.5, 0.6) is 0 Å². The van der Waals surface area contributed by atoms with Gasteiger partial charge in [0.2, 0.25) is 5.91 Å². The van der Waals surface area contributed by atoms with Crippen molar-refractivity contribution in [1.82, 2.24) is 5.32 Å². The molecular formula is C23H22N2O2. The smallest absolute Gasteiger partial charge is 0.257 e. The van der Waals surface area contributed by atoms with E-state index in [9.17, 15) is 9.59 Å². The largest absolute Gasteiger partial charge is 0.373 e. The molecule has 4 heteroatoms. The summed E-state index contributed by atoms with van der Waals surface area (Å²) in [6.45, 7) is 1.98. The van der Waals surface area contributed by atoms with Crippen molar-refractivity contribution in [2.24, 2.45) is 0 Å². The van der Waals surface area contributed by atoms with Gasteiger partial charge in [0.25, 0.3) is 5.91 Å². The van der Waals surface area contributed by atoms with Crippen molar-refractivity contribution in [2.45, 2.75) is 19.4 Å². The van der Waals surface area contributed by atoms with Crippen LogP contribution in [0.1, 0.15) is 21.5 Å². The van der Waals surface area contributed by atoms with Crippen LogP contribution in [0.25, 0.3) is 0 Å². The van der Waals surface area contributed by atoms with Crippen molar-refractivity contribution in [1.29, 1.82) is 0 Å². The normalized spacial score (nSPS) is 11.4. The number of rotatable bonds is 6. The van der Waals surface area contributed by atoms with Crippen molar-refractivity contribution >= 4 is 17.5 Å². The van der Waals surface area contributed by atoms with Crippen LogP contribution in [-0.2, 0) is 11.2 Å². The molecule has 3 rings (SSSR count). The predicted octanol–water partition coefficient (Wildman–Crippen LogP) is 3.97. The van der Waals surface area contributed by atoms with E-state index in [1.807, 2.05) is 67.6 Å². The SMILES string of the molecule is Cc1ccccc1N[C@@H](Cc1ccccc1)C(=O)NC(=O)c1ccccc1. The zero-order valence-electron chi connectivity index (χ0n) is 15.2. The van der Waals surface area contributed by atoms with Crippen molar-refractivity contribution in [3.63, 3.8) is 0 Å². The topological polar surface area (TPSA) is 58.2 Å². The van der Waals surface area contributed by atoms with E-state index in [4.69, 9.17) is 0 Å². The van der Waals surface area contributed by atoms with E-state index in [-0.39, 0.29) is 5.91 Å². The van der Waals surface area contributed by atoms with E-state index in [1.54, 1.807) is 24.3 Å². The Bertz CT molecular complexity index is 908. The molecule has 4 nitrogen and oxygen atoms in total. The number of benzene rings is 3. The number of amides is 2. The number of imide groups is 1. The highest BCUT2D eigenvalue weighted by molar-refractivity contribution is 6.06. The first-order valence-corrected chi connectivity index (χ1v) is 8.90. The number of carbonyl (C=O) groups excluding carboxylic acids is 2. The molecule has 0 aliphatic carbocycles. The van der Waals surface area contributed by atoms with Gasteiger partial charge in [-0.15, -0.1) is 0 Å². The summed E-state index contributed by atoms with van der Waals surface area (Å²) in [7, 11) is 0. The molecule has 0 unspecified atom stereocenters. The van der Waals surface area contributed by atoms with Crippen LogP contribution >= 0.6 is 0 Å². The zero-order chi connectivity index (χ0) is 19.1. The number of carbonyl (C=O) groups is 2. The Morgan fingerprint density at radius 1 is 0.815 bits per heavy atom. The Balaban J connectivity index is 1.79. The van der Waals surface area contributed by atoms with Crippen molar-refractivity contribution in [2.75, 3.05) is 5.32 Å². The van der Waals surface area contributed by atoms with Gasteiger partial charge in [0.1, 0.15) is 6.04 Å². The summed E-state index contributed by atoms with van der Waals surface area (Å²) in [5.41, 5.74) is 3.39. The van der Waals surface area contributed by atoms with E-state index in [2.05, 4.69) is 10.6 Å². The number of nitrogens with one attached hydrogen (secondary N) is 2. The van der Waals surface area contributed by atoms with Gasteiger partial charge in [-0.3, -0.25) is 14.9 Å². The second-order valence-electron chi connectivity index (χ2n) is 6.39. The summed E-state index contributed by atoms with van der Waals surface area (Å²) < 4.78 is 0. The molecule has 0 saturated heterocycles. The molecule has 2 N–H and O–H groups in total. The third-order valence-electron chi connectivity index (χ3n) is 4.35. The zero-order valence-corrected chi connectivity index (χ0v) is 15.2. The number of para-hydroxylation sites is 1. The van der Waals surface area contributed by atoms with Gasteiger partial charge in [-0.25, -0.2) is 0 Å². The maximum absolute atomic E-state index is 12.9. The molecule has 3 aromatic carbocycles. The van der Waals surface area contributed by atoms with Crippen LogP contribution in [0.15, 0.2) is 84.9 Å². The lowest BCUT2D eigenvalue weighted by molar-refractivity contribution is -0.120. The number of anilines is 1. The summed E-state index contributed by atoms with van der Waals surface area (Å²) in [6, 6.07) is 25.7. The minimum absolute atomic E-state index is 0.351. The molecule has 0 aromatic heterocycles. The number of hydrogen-bond donors (Lipinski definition) is 2. The Hall–Kier alpha value is -3.40. The molecule has 3 aromatic rings. The minimum atomic E-state index is -0.568. The van der Waals surface area contributed by atoms with Gasteiger partial charge in [0.15, 0.2) is 0 Å². The summed E-state index contributed by atoms with van der Waals surface area (Å²) in [5, 5.41) is 5.80. The predicted molar refractivity (Wildman–Crippen MR) is 108 cm³/mol. The molecule has 0 aliphatic rings. The maximum atomic E-state index is 12.9. The fraction of sp³-hybridized carbons (Fsp3) is 0.130. The fourth-order valence-electron chi connectivity index (χ4n) is 2.84. The lowest BCUT2D eigenvalue weighted by Crippen LogP contribution is -2.44. The molecule has 0 aliphatic heterocycles. The second kappa shape index (κ2) is 8.81. The first kappa shape index (κ1) is 18.4. The second-order valence-corrected chi connectivity index (χ2v) is 6.39. The highest BCUT2D eigenvalue weighted by atomic mass is 16.2. The average molecular weight is 358 g/mol. The molecule has 27 heavy (non-hydrogen) atoms. The lowest BCUT2D eigenvalue weighted by atomic mass is 10.0. The summed E-state index contributed by atoms with van der Waals surface area (Å²) in [6.07, 6.45) is 0.475. The Labute approximate surface area is 159 Å². The van der Waals surface area contributed by atoms with Crippen LogP contribution in [0, 0.1) is 6.92 Å². The average Bonchev–Trinajstić information content (AvgIpc) is 2.70. The summed E-state index contributed by atoms with van der Waals surface area (Å²) in [4.78, 5) is 25.2. The molecule has 1 atom stereocenters. The first-order chi connectivity index (χ1) is 13.1. The molecule has 0 heterocycles. The standard InChI is InChI=1S/C23H22N2O2/c1-17-10-8-9-15-20(17)24-21(16-18-11-4-2-5-12-18)23(27)25-22(26)19-13-6-3-7-14-19/h2-15,21,24H,16H2,1H3,(H,25,26,27)/t21-/m0/s1. The molecule has 0 bridgehead atoms. The van der Waals surface area contributed by atoms with Crippen LogP contribution in [0.2, 0.25) is 0 Å². The van der Waals surface area contributed by atoms with Gasteiger partial charge in [-0.2, -0.15) is 0 Å². The first-order valence-electron chi connectivity index (χ1n) is 8.90. The quantitative estimate of drug-likeness (QED) is 0.701. The molecule has 0 saturated carbocycles. The van der Waals surface area contributed by atoms with E-state index < -0.39 is 11.9 Å². The molecule has 2 amide bonds. The Morgan fingerprint density at radius 3 is 2.07 bits per heavy atom. The maximum Gasteiger partial charge on any atom is 0.257 e. The van der Waals surface area contributed by atoms with Crippen LogP contribution < -0.4 is 10.6 Å². The molecular weight excluding hydrogens is 336 g/mol. The minimum Gasteiger partial charge on any atom is -0.373 e. The summed E-state index contributed by atoms with van der Waals surface area (Å²) in [5.74, 6) is -0.749. The summed E-state index contributed by atoms with van der Waals surface area (Å²) >= 11 is 0. The van der Waals surface area contributed by atoms with E-state index in [0.29, 0.717) is 12.0 Å². The highest BCUT2D eigenvalue weighted by Crippen LogP contribution is 2.16. The van der Waals surface area contributed by atoms with Gasteiger partial charge in [-0.05, 0) is 36.2 Å². The third kappa shape index (κ3) is 5.05. The van der Waals surface area contributed by atoms with Gasteiger partial charge < -0.3 is 5.32 Å². The van der Waals surface area contributed by atoms with Crippen LogP contribution in [0.3, 0.4) is 0 Å². The Kier molecular flexibility index (Phi) is 6.00. The third-order valence-corrected chi connectivity index (χ3v) is 4.35. The lowest BCUT2D eigenvalue weighted by Gasteiger charge is -2.20. The van der Waals surface area contributed by atoms with Gasteiger partial charge in [0, 0.05) is 17.7 Å². The van der Waals surface area contributed by atoms with Crippen molar-refractivity contribution in [3.8, 4) is 0 Å². The van der Waals surface area contributed by atoms with E-state index in [1.165, 1.54) is 0 Å². The van der Waals surface area contributed by atoms with Crippen LogP contribution in [-0.4, -0.2) is 17.9 Å². The molecule has 0 fully saturated rings. The van der Waals surface area contributed by atoms with Crippen molar-refractivity contribution < 1.29 is 9.59 Å². The fourth-order valence-corrected chi connectivity index (χ4v) is 2.84. The van der Waals surface area contributed by atoms with Gasteiger partial charge in [0.05, 0.1) is 0 Å². The number of aryl methyl sites for hydroxylation is 1. The molecule has 0 radical (unpaired) electrons. The van der Waals surface area contributed by atoms with Crippen molar-refractivity contribution in [3.05, 3.63) is 102 Å². The van der Waals surface area contributed by atoms with Crippen LogP contribution in [0.4, 0.5) is 5.69 Å². The molecule has 136 valence electrons. The van der Waals surface area contributed by atoms with E-state index >= 15 is 0 Å². The Morgan fingerprint density at radius 2 is 1.41 bits per heavy atom. The number of hydrogen-bond acceptors (Lipinski definition) is 3. The van der Waals surface area contributed by atoms with Gasteiger partial charge in [-0.1, -0.05) is 66.7 Å². The monoisotopic (exact) mass is 358 g/mol. The van der Waals surface area contributed by atoms with Gasteiger partial charge >= 0.3 is 0 Å².